The van der Waals surface area contributed by atoms with Crippen molar-refractivity contribution < 1.29 is 21.2 Å². The zero-order chi connectivity index (χ0) is 26.4. The molecule has 1 fully saturated rings. The van der Waals surface area contributed by atoms with E-state index < -0.39 is 40.0 Å². The highest BCUT2D eigenvalue weighted by Crippen LogP contribution is 2.49. The molecule has 1 aliphatic heterocycles. The molecule has 0 radical (unpaired) electrons. The summed E-state index contributed by atoms with van der Waals surface area (Å²) < 4.78 is 41.4. The Morgan fingerprint density at radius 3 is 2.35 bits per heavy atom. The number of aromatic nitrogens is 2. The standard InChI is InChI=1S/C24H26F3N5O2S3/c1-16-20-15-18(6-9-21(20)30-23(28-16)32-13-11-31(2)12-14-32)29-22(33)10-5-17-3-7-19(8-4-17)34-24(35-25,36-26)37-27/h3-4,6-9,15H,5,10-14H2,1-2H3,(H,29,33). The minimum atomic E-state index is -2.35. The summed E-state index contributed by atoms with van der Waals surface area (Å²) in [5.74, 6) is 0.674. The molecule has 1 N–H and O–H groups in total. The molecule has 13 heteroatoms. The molecule has 1 amide bonds. The number of nitrogens with zero attached hydrogens (tertiary/aromatic N) is 4. The fourth-order valence-corrected chi connectivity index (χ4v) is 4.59. The fourth-order valence-electron chi connectivity index (χ4n) is 3.92. The second-order valence-corrected chi connectivity index (χ2v) is 11.6. The molecule has 3 aromatic rings. The van der Waals surface area contributed by atoms with E-state index in [0.717, 1.165) is 54.3 Å². The van der Waals surface area contributed by atoms with Gasteiger partial charge in [-0.05, 0) is 56.3 Å². The van der Waals surface area contributed by atoms with Crippen LogP contribution < -0.4 is 15.0 Å². The number of benzene rings is 2. The third-order valence-corrected chi connectivity index (χ3v) is 7.99. The molecule has 1 saturated heterocycles. The van der Waals surface area contributed by atoms with Crippen molar-refractivity contribution in [3.05, 3.63) is 53.7 Å². The van der Waals surface area contributed by atoms with Crippen LogP contribution in [0.2, 0.25) is 0 Å². The number of hydrogen-bond donors (Lipinski definition) is 1. The average Bonchev–Trinajstić information content (AvgIpc) is 2.92. The number of anilines is 2. The van der Waals surface area contributed by atoms with E-state index >= 15 is 0 Å². The van der Waals surface area contributed by atoms with Gasteiger partial charge in [-0.1, -0.05) is 12.1 Å². The summed E-state index contributed by atoms with van der Waals surface area (Å²) in [5, 5.41) is 3.79. The van der Waals surface area contributed by atoms with Crippen molar-refractivity contribution in [3.63, 3.8) is 0 Å². The maximum Gasteiger partial charge on any atom is 0.338 e. The number of ether oxygens (including phenoxy) is 1. The lowest BCUT2D eigenvalue weighted by Crippen LogP contribution is -2.45. The predicted octanol–water partition coefficient (Wildman–Crippen LogP) is 6.10. The Kier molecular flexibility index (Phi) is 9.32. The number of carbonyl (C=O) groups is 1. The van der Waals surface area contributed by atoms with Crippen LogP contribution in [0.3, 0.4) is 0 Å². The molecule has 4 rings (SSSR count). The quantitative estimate of drug-likeness (QED) is 0.292. The molecular formula is C24H26F3N5O2S3. The van der Waals surface area contributed by atoms with Gasteiger partial charge in [0.05, 0.1) is 11.2 Å². The van der Waals surface area contributed by atoms with E-state index in [9.17, 15) is 16.5 Å². The van der Waals surface area contributed by atoms with Crippen molar-refractivity contribution in [1.82, 2.24) is 14.9 Å². The van der Waals surface area contributed by atoms with Gasteiger partial charge in [0.2, 0.25) is 11.9 Å². The normalized spacial score (nSPS) is 14.7. The fraction of sp³-hybridized carbons (Fsp3) is 0.375. The van der Waals surface area contributed by atoms with Gasteiger partial charge in [0, 0.05) is 43.7 Å². The lowest BCUT2D eigenvalue weighted by Gasteiger charge is -2.32. The number of aryl methyl sites for hydroxylation is 2. The first kappa shape index (κ1) is 27.7. The Morgan fingerprint density at radius 1 is 1.03 bits per heavy atom. The van der Waals surface area contributed by atoms with Crippen LogP contribution in [0.15, 0.2) is 42.5 Å². The van der Waals surface area contributed by atoms with Crippen molar-refractivity contribution in [2.45, 2.75) is 23.4 Å². The largest absolute Gasteiger partial charge is 0.451 e. The van der Waals surface area contributed by atoms with E-state index in [0.29, 0.717) is 12.1 Å². The number of fused-ring (bicyclic) bond motifs is 1. The van der Waals surface area contributed by atoms with Crippen LogP contribution in [0, 0.1) is 6.92 Å². The smallest absolute Gasteiger partial charge is 0.338 e. The molecule has 1 aliphatic rings. The number of nitrogens with one attached hydrogen (secondary N) is 1. The van der Waals surface area contributed by atoms with E-state index in [1.807, 2.05) is 25.1 Å². The van der Waals surface area contributed by atoms with Crippen LogP contribution >= 0.6 is 36.4 Å². The molecule has 37 heavy (non-hydrogen) atoms. The van der Waals surface area contributed by atoms with Gasteiger partial charge in [0.1, 0.15) is 42.2 Å². The Morgan fingerprint density at radius 2 is 1.70 bits per heavy atom. The average molecular weight is 570 g/mol. The maximum atomic E-state index is 12.9. The molecule has 2 heterocycles. The van der Waals surface area contributed by atoms with Gasteiger partial charge in [0.25, 0.3) is 0 Å². The Labute approximate surface area is 226 Å². The Hall–Kier alpha value is -2.35. The predicted molar refractivity (Wildman–Crippen MR) is 147 cm³/mol. The first-order valence-corrected chi connectivity index (χ1v) is 13.7. The van der Waals surface area contributed by atoms with E-state index in [2.05, 4.69) is 22.2 Å². The van der Waals surface area contributed by atoms with E-state index in [1.165, 1.54) is 12.1 Å². The van der Waals surface area contributed by atoms with Gasteiger partial charge in [-0.15, -0.1) is 0 Å². The molecule has 0 unspecified atom stereocenters. The molecule has 2 aromatic carbocycles. The number of amides is 1. The van der Waals surface area contributed by atoms with Crippen molar-refractivity contribution in [2.75, 3.05) is 43.4 Å². The molecule has 198 valence electrons. The highest BCUT2D eigenvalue weighted by Gasteiger charge is 2.40. The topological polar surface area (TPSA) is 70.6 Å². The molecule has 0 spiro atoms. The summed E-state index contributed by atoms with van der Waals surface area (Å²) in [6.45, 7) is 5.65. The summed E-state index contributed by atoms with van der Waals surface area (Å²) in [6.07, 6.45) is 0.663. The Bertz CT molecular complexity index is 1220. The lowest BCUT2D eigenvalue weighted by atomic mass is 10.1. The maximum absolute atomic E-state index is 12.9. The van der Waals surface area contributed by atoms with Gasteiger partial charge in [0.15, 0.2) is 0 Å². The first-order valence-electron chi connectivity index (χ1n) is 11.5. The van der Waals surface area contributed by atoms with Gasteiger partial charge >= 0.3 is 3.60 Å². The van der Waals surface area contributed by atoms with E-state index in [1.54, 1.807) is 12.1 Å². The van der Waals surface area contributed by atoms with Crippen molar-refractivity contribution in [2.24, 2.45) is 0 Å². The minimum absolute atomic E-state index is 0.109. The van der Waals surface area contributed by atoms with E-state index in [-0.39, 0.29) is 18.1 Å². The van der Waals surface area contributed by atoms with Crippen molar-refractivity contribution >= 4 is 64.9 Å². The molecule has 7 nitrogen and oxygen atoms in total. The lowest BCUT2D eigenvalue weighted by molar-refractivity contribution is -0.116. The van der Waals surface area contributed by atoms with Gasteiger partial charge in [-0.2, -0.15) is 11.7 Å². The van der Waals surface area contributed by atoms with Crippen LogP contribution in [0.4, 0.5) is 23.3 Å². The second-order valence-electron chi connectivity index (χ2n) is 8.66. The molecular weight excluding hydrogens is 543 g/mol. The summed E-state index contributed by atoms with van der Waals surface area (Å²) >= 11 is -1.71. The first-order chi connectivity index (χ1) is 17.8. The number of likely N-dealkylation sites (N-methyl/N-ethyl adjacent to an activating group) is 1. The van der Waals surface area contributed by atoms with Gasteiger partial charge < -0.3 is 19.9 Å². The zero-order valence-electron chi connectivity index (χ0n) is 20.2. The van der Waals surface area contributed by atoms with E-state index in [4.69, 9.17) is 14.7 Å². The number of rotatable bonds is 10. The third-order valence-electron chi connectivity index (χ3n) is 6.03. The van der Waals surface area contributed by atoms with Crippen LogP contribution in [-0.4, -0.2) is 57.6 Å². The minimum Gasteiger partial charge on any atom is -0.451 e. The highest BCUT2D eigenvalue weighted by molar-refractivity contribution is 8.29. The monoisotopic (exact) mass is 569 g/mol. The van der Waals surface area contributed by atoms with Crippen molar-refractivity contribution in [1.29, 1.82) is 0 Å². The molecule has 0 atom stereocenters. The van der Waals surface area contributed by atoms with Gasteiger partial charge in [-0.25, -0.2) is 9.97 Å². The van der Waals surface area contributed by atoms with Crippen LogP contribution in [0.1, 0.15) is 17.7 Å². The number of piperazine rings is 1. The number of halogens is 3. The van der Waals surface area contributed by atoms with Crippen molar-refractivity contribution in [3.8, 4) is 5.75 Å². The third kappa shape index (κ3) is 6.95. The Balaban J connectivity index is 1.34. The molecule has 1 aromatic heterocycles. The van der Waals surface area contributed by atoms with Gasteiger partial charge in [-0.3, -0.25) is 4.79 Å². The molecule has 0 bridgehead atoms. The molecule has 0 aliphatic carbocycles. The number of carbonyl (C=O) groups excluding carboxylic acids is 1. The summed E-state index contributed by atoms with van der Waals surface area (Å²) in [7, 11) is 2.10. The summed E-state index contributed by atoms with van der Waals surface area (Å²) in [5.41, 5.74) is 3.16. The van der Waals surface area contributed by atoms with Crippen LogP contribution in [-0.2, 0) is 11.2 Å². The van der Waals surface area contributed by atoms with Crippen LogP contribution in [0.25, 0.3) is 10.9 Å². The summed E-state index contributed by atoms with van der Waals surface area (Å²) in [4.78, 5) is 26.5. The summed E-state index contributed by atoms with van der Waals surface area (Å²) in [6, 6.07) is 11.9. The van der Waals surface area contributed by atoms with Crippen LogP contribution in [0.5, 0.6) is 5.75 Å². The SMILES string of the molecule is Cc1nc(N2CCN(C)CC2)nc2ccc(NC(=O)CCc3ccc(OC(SF)(SF)SF)cc3)cc12. The second kappa shape index (κ2) is 12.5. The highest BCUT2D eigenvalue weighted by atomic mass is 32.3. The molecule has 0 saturated carbocycles. The number of hydrogen-bond acceptors (Lipinski definition) is 9. The zero-order valence-corrected chi connectivity index (χ0v) is 22.7.